The Morgan fingerprint density at radius 2 is 1.82 bits per heavy atom. The maximum absolute atomic E-state index is 11.7. The Morgan fingerprint density at radius 3 is 2.32 bits per heavy atom. The summed E-state index contributed by atoms with van der Waals surface area (Å²) in [6, 6.07) is -0.710. The fourth-order valence-electron chi connectivity index (χ4n) is 1.89. The highest BCUT2D eigenvalue weighted by atomic mass is 16.5. The Labute approximate surface area is 128 Å². The van der Waals surface area contributed by atoms with Crippen molar-refractivity contribution in [1.82, 2.24) is 10.2 Å². The van der Waals surface area contributed by atoms with Gasteiger partial charge in [-0.15, -0.1) is 0 Å². The minimum Gasteiger partial charge on any atom is -0.379 e. The molecule has 0 aromatic heterocycles. The minimum atomic E-state index is -0.710. The fourth-order valence-corrected chi connectivity index (χ4v) is 1.89. The van der Waals surface area contributed by atoms with Crippen LogP contribution in [-0.2, 0) is 23.9 Å². The van der Waals surface area contributed by atoms with Crippen LogP contribution in [0.3, 0.4) is 0 Å². The monoisotopic (exact) mass is 311 g/mol. The van der Waals surface area contributed by atoms with Crippen LogP contribution >= 0.6 is 0 Å². The van der Waals surface area contributed by atoms with Crippen LogP contribution < -0.4 is 11.1 Å². The summed E-state index contributed by atoms with van der Waals surface area (Å²) >= 11 is 0. The van der Waals surface area contributed by atoms with Crippen LogP contribution in [0.25, 0.3) is 0 Å². The number of nitrogens with one attached hydrogen (secondary N) is 1. The lowest BCUT2D eigenvalue weighted by atomic mass is 10.0. The number of carbonyl (C=O) groups is 4. The van der Waals surface area contributed by atoms with Crippen LogP contribution in [0.5, 0.6) is 0 Å². The van der Waals surface area contributed by atoms with Crippen LogP contribution in [0, 0.1) is 5.92 Å². The summed E-state index contributed by atoms with van der Waals surface area (Å²) in [5.74, 6) is -1.75. The minimum absolute atomic E-state index is 0.0661. The Bertz CT molecular complexity index is 469. The van der Waals surface area contributed by atoms with Crippen molar-refractivity contribution < 1.29 is 23.9 Å². The van der Waals surface area contributed by atoms with Crippen molar-refractivity contribution in [3.8, 4) is 0 Å². The average Bonchev–Trinajstić information content (AvgIpc) is 2.75. The third kappa shape index (κ3) is 5.28. The van der Waals surface area contributed by atoms with Gasteiger partial charge in [-0.1, -0.05) is 13.8 Å². The van der Waals surface area contributed by atoms with Gasteiger partial charge in [-0.2, -0.15) is 0 Å². The lowest BCUT2D eigenvalue weighted by Crippen LogP contribution is -2.47. The van der Waals surface area contributed by atoms with E-state index in [0.717, 1.165) is 4.90 Å². The zero-order valence-electron chi connectivity index (χ0n) is 12.7. The summed E-state index contributed by atoms with van der Waals surface area (Å²) in [5.41, 5.74) is 5.20. The number of nitrogens with two attached hydrogens (primary N) is 1. The van der Waals surface area contributed by atoms with Gasteiger partial charge >= 0.3 is 0 Å². The molecule has 0 fully saturated rings. The van der Waals surface area contributed by atoms with Crippen LogP contribution in [0.2, 0.25) is 0 Å². The van der Waals surface area contributed by atoms with Crippen molar-refractivity contribution >= 4 is 23.6 Å². The Balaban J connectivity index is 2.19. The standard InChI is InChI=1S/C14H21N3O5/c1-9(2)13(14(15)21)16-10(18)5-7-22-8-6-17-11(19)3-4-12(17)20/h3-4,9,13H,5-8H2,1-2H3,(H2,15,21)(H,16,18)/t13-/m0/s1. The predicted molar refractivity (Wildman–Crippen MR) is 77.3 cm³/mol. The second-order valence-electron chi connectivity index (χ2n) is 5.22. The van der Waals surface area contributed by atoms with Crippen LogP contribution in [0.15, 0.2) is 12.2 Å². The van der Waals surface area contributed by atoms with Gasteiger partial charge in [0.15, 0.2) is 0 Å². The average molecular weight is 311 g/mol. The molecule has 0 bridgehead atoms. The van der Waals surface area contributed by atoms with Gasteiger partial charge in [-0.3, -0.25) is 24.1 Å². The van der Waals surface area contributed by atoms with Gasteiger partial charge < -0.3 is 15.8 Å². The van der Waals surface area contributed by atoms with Gasteiger partial charge in [0.25, 0.3) is 11.8 Å². The van der Waals surface area contributed by atoms with Crippen molar-refractivity contribution in [2.45, 2.75) is 26.3 Å². The molecule has 8 heteroatoms. The highest BCUT2D eigenvalue weighted by Gasteiger charge is 2.23. The zero-order chi connectivity index (χ0) is 16.7. The number of ether oxygens (including phenoxy) is 1. The van der Waals surface area contributed by atoms with Crippen molar-refractivity contribution in [2.24, 2.45) is 11.7 Å². The van der Waals surface area contributed by atoms with E-state index in [1.807, 2.05) is 0 Å². The maximum atomic E-state index is 11.7. The Hall–Kier alpha value is -2.22. The molecule has 1 aliphatic heterocycles. The summed E-state index contributed by atoms with van der Waals surface area (Å²) in [7, 11) is 0. The molecule has 0 spiro atoms. The van der Waals surface area contributed by atoms with E-state index < -0.39 is 11.9 Å². The van der Waals surface area contributed by atoms with E-state index in [0.29, 0.717) is 0 Å². The summed E-state index contributed by atoms with van der Waals surface area (Å²) in [5, 5.41) is 2.54. The quantitative estimate of drug-likeness (QED) is 0.416. The smallest absolute Gasteiger partial charge is 0.253 e. The molecule has 1 heterocycles. The molecule has 0 saturated heterocycles. The molecule has 0 aromatic carbocycles. The van der Waals surface area contributed by atoms with Crippen molar-refractivity contribution in [3.63, 3.8) is 0 Å². The molecular weight excluding hydrogens is 290 g/mol. The van der Waals surface area contributed by atoms with Gasteiger partial charge in [0, 0.05) is 18.6 Å². The predicted octanol–water partition coefficient (Wildman–Crippen LogP) is -1.06. The highest BCUT2D eigenvalue weighted by Crippen LogP contribution is 2.03. The number of imide groups is 1. The first-order chi connectivity index (χ1) is 10.3. The lowest BCUT2D eigenvalue weighted by Gasteiger charge is -2.19. The molecule has 3 N–H and O–H groups in total. The number of nitrogens with zero attached hydrogens (tertiary/aromatic N) is 1. The molecule has 0 aromatic rings. The third-order valence-corrected chi connectivity index (χ3v) is 3.12. The Morgan fingerprint density at radius 1 is 1.23 bits per heavy atom. The van der Waals surface area contributed by atoms with E-state index in [4.69, 9.17) is 10.5 Å². The van der Waals surface area contributed by atoms with E-state index in [-0.39, 0.29) is 49.8 Å². The first-order valence-electron chi connectivity index (χ1n) is 7.03. The number of primary amides is 1. The van der Waals surface area contributed by atoms with Gasteiger partial charge in [0.1, 0.15) is 6.04 Å². The number of carbonyl (C=O) groups excluding carboxylic acids is 4. The molecule has 1 rings (SSSR count). The summed E-state index contributed by atoms with van der Waals surface area (Å²) in [6.07, 6.45) is 2.47. The normalized spacial score (nSPS) is 15.5. The van der Waals surface area contributed by atoms with Crippen molar-refractivity contribution in [3.05, 3.63) is 12.2 Å². The molecule has 1 aliphatic rings. The first kappa shape index (κ1) is 17.8. The van der Waals surface area contributed by atoms with E-state index in [9.17, 15) is 19.2 Å². The van der Waals surface area contributed by atoms with Crippen LogP contribution in [0.1, 0.15) is 20.3 Å². The second kappa shape index (κ2) is 8.28. The highest BCUT2D eigenvalue weighted by molar-refractivity contribution is 6.12. The van der Waals surface area contributed by atoms with Crippen molar-refractivity contribution in [1.29, 1.82) is 0 Å². The second-order valence-corrected chi connectivity index (χ2v) is 5.22. The number of amides is 4. The molecule has 1 atom stereocenters. The molecule has 0 radical (unpaired) electrons. The molecular formula is C14H21N3O5. The number of hydrogen-bond donors (Lipinski definition) is 2. The SMILES string of the molecule is CC(C)[C@H](NC(=O)CCOCCN1C(=O)C=CC1=O)C(N)=O. The van der Waals surface area contributed by atoms with E-state index in [2.05, 4.69) is 5.32 Å². The summed E-state index contributed by atoms with van der Waals surface area (Å²) in [6.45, 7) is 3.98. The number of rotatable bonds is 9. The number of hydrogen-bond acceptors (Lipinski definition) is 5. The molecule has 0 saturated carbocycles. The fraction of sp³-hybridized carbons (Fsp3) is 0.571. The van der Waals surface area contributed by atoms with E-state index in [1.165, 1.54) is 12.2 Å². The molecule has 22 heavy (non-hydrogen) atoms. The van der Waals surface area contributed by atoms with Gasteiger partial charge in [-0.05, 0) is 5.92 Å². The molecule has 122 valence electrons. The van der Waals surface area contributed by atoms with E-state index in [1.54, 1.807) is 13.8 Å². The third-order valence-electron chi connectivity index (χ3n) is 3.12. The van der Waals surface area contributed by atoms with Crippen molar-refractivity contribution in [2.75, 3.05) is 19.8 Å². The first-order valence-corrected chi connectivity index (χ1v) is 7.03. The van der Waals surface area contributed by atoms with Gasteiger partial charge in [0.05, 0.1) is 19.8 Å². The van der Waals surface area contributed by atoms with Crippen LogP contribution in [-0.4, -0.2) is 54.3 Å². The van der Waals surface area contributed by atoms with Gasteiger partial charge in [-0.25, -0.2) is 0 Å². The molecule has 0 unspecified atom stereocenters. The van der Waals surface area contributed by atoms with Crippen LogP contribution in [0.4, 0.5) is 0 Å². The molecule has 8 nitrogen and oxygen atoms in total. The molecule has 0 aliphatic carbocycles. The summed E-state index contributed by atoms with van der Waals surface area (Å²) < 4.78 is 5.21. The van der Waals surface area contributed by atoms with E-state index >= 15 is 0 Å². The largest absolute Gasteiger partial charge is 0.379 e. The summed E-state index contributed by atoms with van der Waals surface area (Å²) in [4.78, 5) is 46.4. The lowest BCUT2D eigenvalue weighted by molar-refractivity contribution is -0.138. The zero-order valence-corrected chi connectivity index (χ0v) is 12.7. The maximum Gasteiger partial charge on any atom is 0.253 e. The topological polar surface area (TPSA) is 119 Å². The Kier molecular flexibility index (Phi) is 6.71. The molecule has 4 amide bonds. The van der Waals surface area contributed by atoms with Gasteiger partial charge in [0.2, 0.25) is 11.8 Å².